The van der Waals surface area contributed by atoms with Gasteiger partial charge in [-0.15, -0.1) is 0 Å². The molecule has 0 bridgehead atoms. The van der Waals surface area contributed by atoms with E-state index < -0.39 is 53.7 Å². The zero-order chi connectivity index (χ0) is 20.7. The molecule has 1 aliphatic carbocycles. The Morgan fingerprint density at radius 1 is 1.37 bits per heavy atom. The molecule has 0 aromatic carbocycles. The van der Waals surface area contributed by atoms with Crippen molar-refractivity contribution >= 4 is 17.7 Å². The molecule has 0 radical (unpaired) electrons. The van der Waals surface area contributed by atoms with E-state index in [2.05, 4.69) is 13.2 Å². The van der Waals surface area contributed by atoms with E-state index in [-0.39, 0.29) is 17.6 Å². The second kappa shape index (κ2) is 7.38. The number of carbonyl (C=O) groups is 3. The highest BCUT2D eigenvalue weighted by Gasteiger charge is 2.56. The van der Waals surface area contributed by atoms with Crippen LogP contribution in [0.5, 0.6) is 0 Å². The highest BCUT2D eigenvalue weighted by molar-refractivity contribution is 5.93. The lowest BCUT2D eigenvalue weighted by molar-refractivity contribution is -0.177. The number of ether oxygens (including phenoxy) is 2. The molecule has 27 heavy (non-hydrogen) atoms. The van der Waals surface area contributed by atoms with E-state index in [0.29, 0.717) is 5.57 Å². The Morgan fingerprint density at radius 3 is 2.52 bits per heavy atom. The molecule has 1 heterocycles. The first-order chi connectivity index (χ1) is 12.4. The maximum atomic E-state index is 12.3. The minimum absolute atomic E-state index is 0.0658. The minimum Gasteiger partial charge on any atom is -0.455 e. The lowest BCUT2D eigenvalue weighted by Gasteiger charge is -2.37. The zero-order valence-electron chi connectivity index (χ0n) is 15.5. The van der Waals surface area contributed by atoms with Crippen molar-refractivity contribution in [1.29, 1.82) is 0 Å². The van der Waals surface area contributed by atoms with Gasteiger partial charge >= 0.3 is 11.9 Å². The van der Waals surface area contributed by atoms with Crippen molar-refractivity contribution in [3.05, 3.63) is 36.0 Å². The number of ketones is 1. The number of aliphatic hydroxyl groups is 3. The largest absolute Gasteiger partial charge is 0.455 e. The third-order valence-corrected chi connectivity index (χ3v) is 5.05. The van der Waals surface area contributed by atoms with Crippen LogP contribution in [0, 0.1) is 5.92 Å². The molecule has 0 aromatic rings. The Hall–Kier alpha value is -2.29. The molecule has 6 atom stereocenters. The van der Waals surface area contributed by atoms with Crippen LogP contribution in [0.4, 0.5) is 0 Å². The van der Waals surface area contributed by atoms with Crippen LogP contribution in [0.1, 0.15) is 27.2 Å². The first kappa shape index (κ1) is 21.0. The predicted octanol–water partition coefficient (Wildman–Crippen LogP) is -0.0360. The first-order valence-electron chi connectivity index (χ1n) is 8.44. The lowest BCUT2D eigenvalue weighted by Crippen LogP contribution is -2.57. The van der Waals surface area contributed by atoms with Gasteiger partial charge in [0.05, 0.1) is 5.92 Å². The van der Waals surface area contributed by atoms with Crippen molar-refractivity contribution in [3.63, 3.8) is 0 Å². The summed E-state index contributed by atoms with van der Waals surface area (Å²) in [5, 5.41) is 31.8. The molecule has 1 aliphatic heterocycles. The lowest BCUT2D eigenvalue weighted by atomic mass is 9.77. The van der Waals surface area contributed by atoms with Crippen molar-refractivity contribution in [1.82, 2.24) is 0 Å². The van der Waals surface area contributed by atoms with Gasteiger partial charge in [0.15, 0.2) is 5.78 Å². The average molecular weight is 380 g/mol. The zero-order valence-corrected chi connectivity index (χ0v) is 15.5. The third kappa shape index (κ3) is 3.73. The molecule has 0 spiro atoms. The number of fused-ring (bicyclic) bond motifs is 1. The van der Waals surface area contributed by atoms with Crippen LogP contribution in [0.15, 0.2) is 36.0 Å². The van der Waals surface area contributed by atoms with Crippen molar-refractivity contribution in [3.8, 4) is 0 Å². The molecule has 0 saturated carbocycles. The summed E-state index contributed by atoms with van der Waals surface area (Å²) < 4.78 is 10.5. The Morgan fingerprint density at radius 2 is 1.96 bits per heavy atom. The maximum Gasteiger partial charge on any atom is 0.334 e. The van der Waals surface area contributed by atoms with E-state index in [1.807, 2.05) is 0 Å². The molecule has 0 unspecified atom stereocenters. The summed E-state index contributed by atoms with van der Waals surface area (Å²) >= 11 is 0. The van der Waals surface area contributed by atoms with Gasteiger partial charge < -0.3 is 24.8 Å². The number of hydrogen-bond donors (Lipinski definition) is 3. The van der Waals surface area contributed by atoms with Crippen molar-refractivity contribution < 1.29 is 39.2 Å². The molecule has 1 saturated heterocycles. The SMILES string of the molecule is C=C(C)C(=O)O[C@H]1[C@H]2C(=C)C(=O)O[C@@H]2[C@@H](O)[C@](C)(O)C(=O)C/C=C(\C)[C@H]1O. The fourth-order valence-electron chi connectivity index (χ4n) is 3.14. The van der Waals surface area contributed by atoms with Crippen LogP contribution in [0.3, 0.4) is 0 Å². The van der Waals surface area contributed by atoms with E-state index in [0.717, 1.165) is 6.92 Å². The van der Waals surface area contributed by atoms with Gasteiger partial charge in [0, 0.05) is 17.6 Å². The van der Waals surface area contributed by atoms with E-state index in [1.54, 1.807) is 0 Å². The number of allylic oxidation sites excluding steroid dienone is 1. The normalized spacial score (nSPS) is 39.1. The van der Waals surface area contributed by atoms with E-state index >= 15 is 0 Å². The Kier molecular flexibility index (Phi) is 5.74. The number of hydrogen-bond acceptors (Lipinski definition) is 8. The summed E-state index contributed by atoms with van der Waals surface area (Å²) in [6.07, 6.45) is -4.89. The molecule has 2 aliphatic rings. The molecule has 2 rings (SSSR count). The van der Waals surface area contributed by atoms with Crippen molar-refractivity contribution in [2.45, 2.75) is 57.2 Å². The summed E-state index contributed by atoms with van der Waals surface area (Å²) in [6.45, 7) is 11.1. The Bertz CT molecular complexity index is 732. The molecule has 3 N–H and O–H groups in total. The summed E-state index contributed by atoms with van der Waals surface area (Å²) in [6, 6.07) is 0. The van der Waals surface area contributed by atoms with Gasteiger partial charge in [0.1, 0.15) is 30.0 Å². The molecular formula is C19H24O8. The monoisotopic (exact) mass is 380 g/mol. The van der Waals surface area contributed by atoms with Gasteiger partial charge in [0.2, 0.25) is 0 Å². The van der Waals surface area contributed by atoms with Gasteiger partial charge in [-0.1, -0.05) is 19.2 Å². The van der Waals surface area contributed by atoms with Crippen LogP contribution in [-0.4, -0.2) is 63.1 Å². The Labute approximate surface area is 156 Å². The number of rotatable bonds is 2. The molecule has 1 fully saturated rings. The fraction of sp³-hybridized carbons (Fsp3) is 0.526. The molecule has 8 heteroatoms. The van der Waals surface area contributed by atoms with E-state index in [4.69, 9.17) is 9.47 Å². The Balaban J connectivity index is 2.61. The van der Waals surface area contributed by atoms with Crippen molar-refractivity contribution in [2.75, 3.05) is 0 Å². The maximum absolute atomic E-state index is 12.3. The third-order valence-electron chi connectivity index (χ3n) is 5.05. The van der Waals surface area contributed by atoms with Gasteiger partial charge in [-0.2, -0.15) is 0 Å². The summed E-state index contributed by atoms with van der Waals surface area (Å²) in [5.41, 5.74) is -2.01. The number of aliphatic hydroxyl groups excluding tert-OH is 2. The van der Waals surface area contributed by atoms with Crippen LogP contribution in [0.25, 0.3) is 0 Å². The average Bonchev–Trinajstić information content (AvgIpc) is 2.89. The predicted molar refractivity (Wildman–Crippen MR) is 93.2 cm³/mol. The highest BCUT2D eigenvalue weighted by atomic mass is 16.6. The van der Waals surface area contributed by atoms with Crippen LogP contribution in [0.2, 0.25) is 0 Å². The molecule has 0 amide bonds. The van der Waals surface area contributed by atoms with Gasteiger partial charge in [-0.05, 0) is 26.3 Å². The first-order valence-corrected chi connectivity index (χ1v) is 8.44. The minimum atomic E-state index is -2.23. The molecular weight excluding hydrogens is 356 g/mol. The van der Waals surface area contributed by atoms with Crippen LogP contribution >= 0.6 is 0 Å². The topological polar surface area (TPSA) is 130 Å². The number of carbonyl (C=O) groups excluding carboxylic acids is 3. The fourth-order valence-corrected chi connectivity index (χ4v) is 3.14. The number of esters is 2. The van der Waals surface area contributed by atoms with E-state index in [9.17, 15) is 29.7 Å². The van der Waals surface area contributed by atoms with E-state index in [1.165, 1.54) is 19.9 Å². The van der Waals surface area contributed by atoms with Crippen molar-refractivity contribution in [2.24, 2.45) is 5.92 Å². The van der Waals surface area contributed by atoms with Crippen LogP contribution < -0.4 is 0 Å². The second-order valence-corrected chi connectivity index (χ2v) is 7.18. The standard InChI is InChI=1S/C19H24O8/c1-8(2)17(23)26-14-12-10(4)18(24)27-15(12)16(22)19(5,25)11(20)7-6-9(3)13(14)21/h6,12-16,21-22,25H,1,4,7H2,2-3,5H3/b9-6+/t12-,13-,14+,15+,16-,19-/m1/s1. The quantitative estimate of drug-likeness (QED) is 0.346. The number of Topliss-reactive ketones (excluding diaryl/α,β-unsaturated/α-hetero) is 1. The summed E-state index contributed by atoms with van der Waals surface area (Å²) in [7, 11) is 0. The smallest absolute Gasteiger partial charge is 0.334 e. The van der Waals surface area contributed by atoms with Gasteiger partial charge in [-0.3, -0.25) is 4.79 Å². The highest BCUT2D eigenvalue weighted by Crippen LogP contribution is 2.39. The van der Waals surface area contributed by atoms with Crippen LogP contribution in [-0.2, 0) is 23.9 Å². The second-order valence-electron chi connectivity index (χ2n) is 7.18. The molecule has 148 valence electrons. The van der Waals surface area contributed by atoms with Gasteiger partial charge in [-0.25, -0.2) is 9.59 Å². The van der Waals surface area contributed by atoms with Gasteiger partial charge in [0.25, 0.3) is 0 Å². The summed E-state index contributed by atoms with van der Waals surface area (Å²) in [4.78, 5) is 36.5. The summed E-state index contributed by atoms with van der Waals surface area (Å²) in [5.74, 6) is -3.58. The molecule has 0 aromatic heterocycles. The molecule has 8 nitrogen and oxygen atoms in total.